The molecule has 2 fully saturated rings. The Balaban J connectivity index is 1.57. The van der Waals surface area contributed by atoms with Gasteiger partial charge in [-0.3, -0.25) is 0 Å². The molecular weight excluding hydrogens is 156 g/mol. The maximum absolute atomic E-state index is 5.55. The Morgan fingerprint density at radius 1 is 1.55 bits per heavy atom. The topological polar surface area (TPSA) is 38.0 Å². The smallest absolute Gasteiger partial charge is 0.0130 e. The van der Waals surface area contributed by atoms with E-state index in [-0.39, 0.29) is 0 Å². The van der Waals surface area contributed by atoms with Crippen molar-refractivity contribution in [3.8, 4) is 0 Å². The highest BCUT2D eigenvalue weighted by Gasteiger charge is 2.63. The summed E-state index contributed by atoms with van der Waals surface area (Å²) < 4.78 is 0. The first-order chi connectivity index (χ1) is 5.36. The first kappa shape index (κ1) is 7.90. The van der Waals surface area contributed by atoms with Crippen molar-refractivity contribution in [2.75, 3.05) is 18.8 Å². The first-order valence-corrected chi connectivity index (χ1v) is 5.04. The maximum Gasteiger partial charge on any atom is 0.0130 e. The molecule has 3 N–H and O–H groups in total. The van der Waals surface area contributed by atoms with Crippen molar-refractivity contribution in [1.29, 1.82) is 0 Å². The zero-order valence-electron chi connectivity index (χ0n) is 6.66. The minimum Gasteiger partial charge on any atom is -0.330 e. The molecule has 64 valence electrons. The second-order valence-corrected chi connectivity index (χ2v) is 4.15. The third-order valence-electron chi connectivity index (χ3n) is 2.91. The fourth-order valence-electron chi connectivity index (χ4n) is 1.61. The molecule has 0 spiro atoms. The van der Waals surface area contributed by atoms with Crippen molar-refractivity contribution in [3.05, 3.63) is 0 Å². The summed E-state index contributed by atoms with van der Waals surface area (Å²) in [4.78, 5) is 0. The van der Waals surface area contributed by atoms with Crippen LogP contribution in [-0.4, -0.2) is 24.9 Å². The lowest BCUT2D eigenvalue weighted by Gasteiger charge is -2.13. The van der Waals surface area contributed by atoms with Crippen LogP contribution in [0, 0.1) is 17.8 Å². The molecule has 0 amide bonds. The lowest BCUT2D eigenvalue weighted by molar-refractivity contribution is 0.486. The van der Waals surface area contributed by atoms with Gasteiger partial charge >= 0.3 is 0 Å². The Kier molecular flexibility index (Phi) is 2.12. The highest BCUT2D eigenvalue weighted by Crippen LogP contribution is 2.62. The van der Waals surface area contributed by atoms with Crippen molar-refractivity contribution >= 4 is 12.6 Å². The summed E-state index contributed by atoms with van der Waals surface area (Å²) in [5.74, 6) is 3.57. The van der Waals surface area contributed by atoms with E-state index in [0.717, 1.165) is 36.7 Å². The Morgan fingerprint density at radius 2 is 2.27 bits per heavy atom. The van der Waals surface area contributed by atoms with Gasteiger partial charge in [0.1, 0.15) is 0 Å². The molecule has 0 aliphatic heterocycles. The van der Waals surface area contributed by atoms with Crippen LogP contribution in [0.5, 0.6) is 0 Å². The quantitative estimate of drug-likeness (QED) is 0.515. The van der Waals surface area contributed by atoms with E-state index < -0.39 is 0 Å². The van der Waals surface area contributed by atoms with Crippen LogP contribution < -0.4 is 11.1 Å². The minimum absolute atomic E-state index is 0.568. The molecule has 3 heteroatoms. The summed E-state index contributed by atoms with van der Waals surface area (Å²) >= 11 is 4.23. The number of hydrogen-bond donors (Lipinski definition) is 3. The van der Waals surface area contributed by atoms with Crippen molar-refractivity contribution in [2.24, 2.45) is 23.5 Å². The Labute approximate surface area is 73.3 Å². The third-order valence-corrected chi connectivity index (χ3v) is 3.42. The standard InChI is InChI=1S/C8H16N2S/c9-2-5(4-11)3-10-8-6-1-7(6)8/h5-8,10-11H,1-4,9H2/t5-,6-,7?,8?/m0/s1. The molecule has 11 heavy (non-hydrogen) atoms. The number of nitrogens with one attached hydrogen (secondary N) is 1. The summed E-state index contributed by atoms with van der Waals surface area (Å²) in [6.07, 6.45) is 1.48. The number of fused-ring (bicyclic) bond motifs is 1. The van der Waals surface area contributed by atoms with Crippen LogP contribution in [0.25, 0.3) is 0 Å². The number of thiol groups is 1. The molecule has 0 aromatic carbocycles. The highest BCUT2D eigenvalue weighted by atomic mass is 32.1. The monoisotopic (exact) mass is 172 g/mol. The maximum atomic E-state index is 5.55. The van der Waals surface area contributed by atoms with Gasteiger partial charge in [-0.25, -0.2) is 0 Å². The van der Waals surface area contributed by atoms with Crippen molar-refractivity contribution in [1.82, 2.24) is 5.32 Å². The van der Waals surface area contributed by atoms with E-state index in [4.69, 9.17) is 5.73 Å². The minimum atomic E-state index is 0.568. The van der Waals surface area contributed by atoms with Gasteiger partial charge in [-0.15, -0.1) is 0 Å². The van der Waals surface area contributed by atoms with Gasteiger partial charge in [0.25, 0.3) is 0 Å². The van der Waals surface area contributed by atoms with Gasteiger partial charge in [-0.2, -0.15) is 12.6 Å². The van der Waals surface area contributed by atoms with Crippen molar-refractivity contribution < 1.29 is 0 Å². The number of rotatable bonds is 5. The summed E-state index contributed by atoms with van der Waals surface area (Å²) in [5, 5.41) is 3.53. The molecule has 0 heterocycles. The molecule has 2 rings (SSSR count). The van der Waals surface area contributed by atoms with Gasteiger partial charge in [-0.1, -0.05) is 0 Å². The molecule has 2 aliphatic carbocycles. The molecule has 0 bridgehead atoms. The SMILES string of the molecule is NC[C@H](CS)CNC1C2C[C@@H]21. The van der Waals surface area contributed by atoms with Gasteiger partial charge < -0.3 is 11.1 Å². The average Bonchev–Trinajstić information content (AvgIpc) is 2.85. The van der Waals surface area contributed by atoms with Crippen LogP contribution in [0.15, 0.2) is 0 Å². The van der Waals surface area contributed by atoms with Crippen LogP contribution in [0.3, 0.4) is 0 Å². The molecule has 0 aromatic rings. The number of nitrogens with two attached hydrogens (primary N) is 1. The molecule has 2 nitrogen and oxygen atoms in total. The van der Waals surface area contributed by atoms with Gasteiger partial charge in [0.05, 0.1) is 0 Å². The molecule has 2 unspecified atom stereocenters. The van der Waals surface area contributed by atoms with Crippen LogP contribution >= 0.6 is 12.6 Å². The van der Waals surface area contributed by atoms with E-state index in [0.29, 0.717) is 5.92 Å². The normalized spacial score (nSPS) is 41.5. The fraction of sp³-hybridized carbons (Fsp3) is 1.00. The molecule has 0 aromatic heterocycles. The Hall–Kier alpha value is 0.270. The zero-order valence-corrected chi connectivity index (χ0v) is 7.56. The molecule has 0 radical (unpaired) electrons. The van der Waals surface area contributed by atoms with E-state index in [2.05, 4.69) is 17.9 Å². The van der Waals surface area contributed by atoms with E-state index in [1.165, 1.54) is 6.42 Å². The lowest BCUT2D eigenvalue weighted by atomic mass is 10.2. The van der Waals surface area contributed by atoms with E-state index in [1.54, 1.807) is 0 Å². The summed E-state index contributed by atoms with van der Waals surface area (Å²) in [6, 6.07) is 0.865. The highest BCUT2D eigenvalue weighted by molar-refractivity contribution is 7.80. The largest absolute Gasteiger partial charge is 0.330 e. The second-order valence-electron chi connectivity index (χ2n) is 3.78. The third kappa shape index (κ3) is 1.55. The molecule has 0 saturated heterocycles. The average molecular weight is 172 g/mol. The van der Waals surface area contributed by atoms with Gasteiger partial charge in [0.15, 0.2) is 0 Å². The van der Waals surface area contributed by atoms with Crippen molar-refractivity contribution in [3.63, 3.8) is 0 Å². The molecule has 4 atom stereocenters. The van der Waals surface area contributed by atoms with Crippen LogP contribution in [-0.2, 0) is 0 Å². The molecular formula is C8H16N2S. The van der Waals surface area contributed by atoms with Gasteiger partial charge in [0, 0.05) is 12.6 Å². The van der Waals surface area contributed by atoms with E-state index in [9.17, 15) is 0 Å². The Morgan fingerprint density at radius 3 is 2.64 bits per heavy atom. The van der Waals surface area contributed by atoms with Crippen LogP contribution in [0.4, 0.5) is 0 Å². The second kappa shape index (κ2) is 2.96. The first-order valence-electron chi connectivity index (χ1n) is 4.41. The van der Waals surface area contributed by atoms with Gasteiger partial charge in [-0.05, 0) is 36.5 Å². The van der Waals surface area contributed by atoms with E-state index in [1.807, 2.05) is 0 Å². The summed E-state index contributed by atoms with van der Waals surface area (Å²) in [6.45, 7) is 1.83. The van der Waals surface area contributed by atoms with Crippen LogP contribution in [0.2, 0.25) is 0 Å². The Bertz CT molecular complexity index is 139. The molecule has 2 aliphatic rings. The summed E-state index contributed by atoms with van der Waals surface area (Å²) in [7, 11) is 0. The van der Waals surface area contributed by atoms with Crippen LogP contribution in [0.1, 0.15) is 6.42 Å². The van der Waals surface area contributed by atoms with Crippen molar-refractivity contribution in [2.45, 2.75) is 12.5 Å². The predicted molar refractivity (Wildman–Crippen MR) is 49.8 cm³/mol. The predicted octanol–water partition coefficient (Wildman–Crippen LogP) is 0.0990. The fourth-order valence-corrected chi connectivity index (χ4v) is 1.88. The zero-order chi connectivity index (χ0) is 7.84. The molecule has 2 saturated carbocycles. The number of hydrogen-bond acceptors (Lipinski definition) is 3. The summed E-state index contributed by atoms with van der Waals surface area (Å²) in [5.41, 5.74) is 5.55. The van der Waals surface area contributed by atoms with E-state index >= 15 is 0 Å². The van der Waals surface area contributed by atoms with Gasteiger partial charge in [0.2, 0.25) is 0 Å². The lowest BCUT2D eigenvalue weighted by Crippen LogP contribution is -2.33.